The fraction of sp³-hybridized carbons (Fsp3) is 0.190. The molecular weight excluding hydrogens is 444 g/mol. The zero-order chi connectivity index (χ0) is 24.3. The molecule has 1 aliphatic rings. The van der Waals surface area contributed by atoms with Gasteiger partial charge in [0, 0.05) is 6.07 Å². The number of ether oxygens (including phenoxy) is 3. The number of hydrogen-bond donors (Lipinski definition) is 0. The molecule has 1 unspecified atom stereocenters. The number of halogens is 2. The molecule has 10 nitrogen and oxygen atoms in total. The number of esters is 1. The lowest BCUT2D eigenvalue weighted by Gasteiger charge is -2.34. The smallest absolute Gasteiger partial charge is 0.424 e. The summed E-state index contributed by atoms with van der Waals surface area (Å²) in [5, 5.41) is 11.3. The van der Waals surface area contributed by atoms with Gasteiger partial charge >= 0.3 is 23.8 Å². The Bertz CT molecular complexity index is 1200. The van der Waals surface area contributed by atoms with Crippen LogP contribution >= 0.6 is 0 Å². The number of para-hydroxylation sites is 2. The number of carbonyl (C=O) groups is 2. The quantitative estimate of drug-likeness (QED) is 0.385. The summed E-state index contributed by atoms with van der Waals surface area (Å²) in [5.41, 5.74) is -0.618. The van der Waals surface area contributed by atoms with Crippen LogP contribution in [0.5, 0.6) is 5.75 Å². The van der Waals surface area contributed by atoms with E-state index >= 15 is 0 Å². The molecule has 1 amide bonds. The molecule has 0 spiro atoms. The highest BCUT2D eigenvalue weighted by atomic mass is 19.2. The first-order valence-electron chi connectivity index (χ1n) is 9.30. The van der Waals surface area contributed by atoms with Crippen LogP contribution in [0, 0.1) is 21.7 Å². The lowest BCUT2D eigenvalue weighted by molar-refractivity contribution is -0.385. The Labute approximate surface area is 185 Å². The zero-order valence-electron chi connectivity index (χ0n) is 17.6. The van der Waals surface area contributed by atoms with Crippen molar-refractivity contribution in [2.45, 2.75) is 13.0 Å². The summed E-state index contributed by atoms with van der Waals surface area (Å²) in [7, 11) is 2.28. The standard InChI is InChI=1S/C21H17F2N3O7/c1-11-17(19(27)31-2)18(12-8-9-13(22)14(23)10-12)25(20(24-11)32-3)21(28)33-16-7-5-4-6-15(16)26(29)30/h4-10,18H,1-3H3. The van der Waals surface area contributed by atoms with E-state index < -0.39 is 46.1 Å². The van der Waals surface area contributed by atoms with Crippen LogP contribution in [0.2, 0.25) is 0 Å². The number of nitro groups is 1. The second-order valence-corrected chi connectivity index (χ2v) is 6.63. The van der Waals surface area contributed by atoms with Crippen LogP contribution in [0.3, 0.4) is 0 Å². The minimum absolute atomic E-state index is 0.0300. The monoisotopic (exact) mass is 461 g/mol. The number of allylic oxidation sites excluding steroid dienone is 1. The number of benzene rings is 2. The van der Waals surface area contributed by atoms with Crippen molar-refractivity contribution in [2.75, 3.05) is 14.2 Å². The number of amides is 1. The summed E-state index contributed by atoms with van der Waals surface area (Å²) >= 11 is 0. The average molecular weight is 461 g/mol. The number of aliphatic imine (C=N–C) groups is 1. The van der Waals surface area contributed by atoms with E-state index in [9.17, 15) is 28.5 Å². The molecule has 0 fully saturated rings. The van der Waals surface area contributed by atoms with Crippen molar-refractivity contribution in [1.82, 2.24) is 4.90 Å². The number of rotatable bonds is 4. The summed E-state index contributed by atoms with van der Waals surface area (Å²) in [4.78, 5) is 41.1. The molecule has 12 heteroatoms. The lowest BCUT2D eigenvalue weighted by Crippen LogP contribution is -2.46. The highest BCUT2D eigenvalue weighted by Gasteiger charge is 2.42. The minimum Gasteiger partial charge on any atom is -0.468 e. The van der Waals surface area contributed by atoms with E-state index in [4.69, 9.17) is 14.2 Å². The van der Waals surface area contributed by atoms with Crippen LogP contribution in [-0.2, 0) is 14.3 Å². The normalized spacial score (nSPS) is 15.6. The number of nitro benzene ring substituents is 1. The van der Waals surface area contributed by atoms with E-state index in [0.717, 1.165) is 36.3 Å². The summed E-state index contributed by atoms with van der Waals surface area (Å²) in [6, 6.07) is 6.12. The van der Waals surface area contributed by atoms with Crippen LogP contribution in [0.15, 0.2) is 58.7 Å². The maximum absolute atomic E-state index is 14.1. The predicted molar refractivity (Wildman–Crippen MR) is 109 cm³/mol. The van der Waals surface area contributed by atoms with Crippen molar-refractivity contribution in [3.8, 4) is 5.75 Å². The molecule has 1 atom stereocenters. The highest BCUT2D eigenvalue weighted by Crippen LogP contribution is 2.37. The fourth-order valence-electron chi connectivity index (χ4n) is 3.23. The van der Waals surface area contributed by atoms with E-state index in [1.54, 1.807) is 0 Å². The van der Waals surface area contributed by atoms with Crippen molar-refractivity contribution in [3.63, 3.8) is 0 Å². The van der Waals surface area contributed by atoms with Gasteiger partial charge in [0.05, 0.1) is 30.4 Å². The molecule has 0 radical (unpaired) electrons. The van der Waals surface area contributed by atoms with E-state index in [0.29, 0.717) is 0 Å². The number of methoxy groups -OCH3 is 2. The third-order valence-corrected chi connectivity index (χ3v) is 4.69. The summed E-state index contributed by atoms with van der Waals surface area (Å²) in [5.74, 6) is -3.67. The first-order valence-corrected chi connectivity index (χ1v) is 9.30. The molecule has 0 bridgehead atoms. The third-order valence-electron chi connectivity index (χ3n) is 4.69. The van der Waals surface area contributed by atoms with Crippen molar-refractivity contribution >= 4 is 23.8 Å². The molecule has 2 aromatic rings. The molecular formula is C21H17F2N3O7. The topological polar surface area (TPSA) is 121 Å². The maximum Gasteiger partial charge on any atom is 0.424 e. The van der Waals surface area contributed by atoms with Gasteiger partial charge in [0.2, 0.25) is 5.75 Å². The fourth-order valence-corrected chi connectivity index (χ4v) is 3.23. The third kappa shape index (κ3) is 4.49. The Kier molecular flexibility index (Phi) is 6.66. The van der Waals surface area contributed by atoms with E-state index in [1.807, 2.05) is 0 Å². The molecule has 33 heavy (non-hydrogen) atoms. The van der Waals surface area contributed by atoms with Gasteiger partial charge in [-0.2, -0.15) is 0 Å². The van der Waals surface area contributed by atoms with Gasteiger partial charge in [-0.25, -0.2) is 28.3 Å². The number of hydrogen-bond acceptors (Lipinski definition) is 8. The van der Waals surface area contributed by atoms with Gasteiger partial charge < -0.3 is 14.2 Å². The van der Waals surface area contributed by atoms with Crippen LogP contribution < -0.4 is 4.74 Å². The molecule has 0 N–H and O–H groups in total. The zero-order valence-corrected chi connectivity index (χ0v) is 17.6. The van der Waals surface area contributed by atoms with Gasteiger partial charge in [-0.1, -0.05) is 18.2 Å². The second-order valence-electron chi connectivity index (χ2n) is 6.63. The summed E-state index contributed by atoms with van der Waals surface area (Å²) in [6.45, 7) is 1.43. The van der Waals surface area contributed by atoms with E-state index in [1.165, 1.54) is 32.2 Å². The van der Waals surface area contributed by atoms with Gasteiger partial charge in [-0.15, -0.1) is 0 Å². The van der Waals surface area contributed by atoms with Crippen molar-refractivity contribution in [2.24, 2.45) is 4.99 Å². The Balaban J connectivity index is 2.16. The summed E-state index contributed by atoms with van der Waals surface area (Å²) in [6.07, 6.45) is -1.23. The average Bonchev–Trinajstić information content (AvgIpc) is 2.79. The largest absolute Gasteiger partial charge is 0.468 e. The van der Waals surface area contributed by atoms with Gasteiger partial charge in [0.25, 0.3) is 0 Å². The lowest BCUT2D eigenvalue weighted by atomic mass is 9.94. The van der Waals surface area contributed by atoms with Gasteiger partial charge in [-0.05, 0) is 30.7 Å². The SMILES string of the molecule is COC(=O)C1=C(C)N=C(OC)N(C(=O)Oc2ccccc2[N+](=O)[O-])C1c1ccc(F)c(F)c1. The number of nitrogens with zero attached hydrogens (tertiary/aromatic N) is 3. The van der Waals surface area contributed by atoms with Crippen molar-refractivity contribution < 1.29 is 37.5 Å². The maximum atomic E-state index is 14.1. The Morgan fingerprint density at radius 3 is 2.42 bits per heavy atom. The molecule has 0 saturated heterocycles. The van der Waals surface area contributed by atoms with E-state index in [-0.39, 0.29) is 22.9 Å². The van der Waals surface area contributed by atoms with Gasteiger partial charge in [-0.3, -0.25) is 10.1 Å². The molecule has 3 rings (SSSR count). The summed E-state index contributed by atoms with van der Waals surface area (Å²) < 4.78 is 42.8. The second kappa shape index (κ2) is 9.42. The molecule has 172 valence electrons. The minimum atomic E-state index is -1.41. The Morgan fingerprint density at radius 1 is 1.12 bits per heavy atom. The molecule has 1 aliphatic heterocycles. The van der Waals surface area contributed by atoms with Crippen molar-refractivity contribution in [1.29, 1.82) is 0 Å². The van der Waals surface area contributed by atoms with E-state index in [2.05, 4.69) is 4.99 Å². The van der Waals surface area contributed by atoms with Crippen LogP contribution in [-0.4, -0.2) is 42.1 Å². The van der Waals surface area contributed by atoms with Crippen LogP contribution in [0.1, 0.15) is 18.5 Å². The molecule has 0 saturated carbocycles. The molecule has 2 aromatic carbocycles. The predicted octanol–water partition coefficient (Wildman–Crippen LogP) is 3.88. The number of carbonyl (C=O) groups excluding carboxylic acids is 2. The van der Waals surface area contributed by atoms with Gasteiger partial charge in [0.15, 0.2) is 11.6 Å². The van der Waals surface area contributed by atoms with Crippen molar-refractivity contribution in [3.05, 3.63) is 81.0 Å². The van der Waals surface area contributed by atoms with Gasteiger partial charge in [0.1, 0.15) is 6.04 Å². The number of amidine groups is 1. The first kappa shape index (κ1) is 23.3. The Hall–Kier alpha value is -4.35. The molecule has 1 heterocycles. The van der Waals surface area contributed by atoms with Crippen LogP contribution in [0.25, 0.3) is 0 Å². The Morgan fingerprint density at radius 2 is 1.82 bits per heavy atom. The molecule has 0 aromatic heterocycles. The highest BCUT2D eigenvalue weighted by molar-refractivity contribution is 6.00. The van der Waals surface area contributed by atoms with Crippen LogP contribution in [0.4, 0.5) is 19.3 Å². The molecule has 0 aliphatic carbocycles. The first-order chi connectivity index (χ1) is 15.7.